The van der Waals surface area contributed by atoms with E-state index in [1.54, 1.807) is 54.3 Å². The Bertz CT molecular complexity index is 2140. The molecule has 0 radical (unpaired) electrons. The summed E-state index contributed by atoms with van der Waals surface area (Å²) in [6.07, 6.45) is 2.49. The van der Waals surface area contributed by atoms with Gasteiger partial charge in [-0.05, 0) is 74.7 Å². The molecule has 3 fully saturated rings. The number of halogens is 1. The fourth-order valence-corrected chi connectivity index (χ4v) is 10.1. The topological polar surface area (TPSA) is 131 Å². The van der Waals surface area contributed by atoms with Crippen molar-refractivity contribution in [3.05, 3.63) is 70.3 Å². The van der Waals surface area contributed by atoms with Crippen LogP contribution in [0.2, 0.25) is 5.02 Å². The van der Waals surface area contributed by atoms with Gasteiger partial charge in [0.15, 0.2) is 11.5 Å². The number of aromatic nitrogens is 2. The molecule has 4 heterocycles. The quantitative estimate of drug-likeness (QED) is 0.198. The van der Waals surface area contributed by atoms with Gasteiger partial charge in [-0.1, -0.05) is 35.4 Å². The van der Waals surface area contributed by atoms with E-state index in [9.17, 15) is 24.3 Å². The molecule has 4 aromatic rings. The second kappa shape index (κ2) is 10.8. The lowest BCUT2D eigenvalue weighted by Gasteiger charge is -2.49. The Labute approximate surface area is 285 Å². The van der Waals surface area contributed by atoms with Crippen molar-refractivity contribution in [1.29, 1.82) is 0 Å². The Hall–Kier alpha value is -4.48. The molecule has 48 heavy (non-hydrogen) atoms. The summed E-state index contributed by atoms with van der Waals surface area (Å²) in [7, 11) is 1.71. The van der Waals surface area contributed by atoms with Crippen molar-refractivity contribution in [1.82, 2.24) is 15.1 Å². The Morgan fingerprint density at radius 1 is 1.12 bits per heavy atom. The molecule has 2 aliphatic carbocycles. The van der Waals surface area contributed by atoms with E-state index in [2.05, 4.69) is 5.32 Å². The molecule has 0 spiro atoms. The molecule has 8 rings (SSSR count). The molecular formula is C36H33ClN4O6S. The van der Waals surface area contributed by atoms with Gasteiger partial charge in [0.2, 0.25) is 23.6 Å². The number of nitrogens with zero attached hydrogens (tertiary/aromatic N) is 3. The predicted octanol–water partition coefficient (Wildman–Crippen LogP) is 5.89. The number of fused-ring (bicyclic) bond motifs is 5. The zero-order chi connectivity index (χ0) is 33.8. The third-order valence-electron chi connectivity index (χ3n) is 11.0. The van der Waals surface area contributed by atoms with Gasteiger partial charge in [-0.15, -0.1) is 11.3 Å². The van der Waals surface area contributed by atoms with E-state index in [0.717, 1.165) is 26.1 Å². The minimum absolute atomic E-state index is 0.109. The molecule has 2 aromatic heterocycles. The SMILES string of the molecule is CCOc1cccc(C2C3=CCC4C(=O)NC(=O)C4C3CC3C(=O)N(c4cc(-c5sc6ccc(Cl)cc6c5C)nn4C)C(=O)C32C)c1O. The van der Waals surface area contributed by atoms with Gasteiger partial charge in [0, 0.05) is 34.3 Å². The number of para-hydroxylation sites is 1. The lowest BCUT2D eigenvalue weighted by Crippen LogP contribution is -2.48. The summed E-state index contributed by atoms with van der Waals surface area (Å²) >= 11 is 7.85. The van der Waals surface area contributed by atoms with E-state index in [1.807, 2.05) is 38.1 Å². The van der Waals surface area contributed by atoms with Crippen LogP contribution >= 0.6 is 22.9 Å². The van der Waals surface area contributed by atoms with Crippen LogP contribution in [0.5, 0.6) is 11.5 Å². The maximum absolute atomic E-state index is 14.9. The number of hydrogen-bond acceptors (Lipinski definition) is 8. The van der Waals surface area contributed by atoms with Crippen molar-refractivity contribution in [3.63, 3.8) is 0 Å². The second-order valence-electron chi connectivity index (χ2n) is 13.3. The number of carbonyl (C=O) groups excluding carboxylic acids is 4. The average molecular weight is 685 g/mol. The van der Waals surface area contributed by atoms with E-state index in [-0.39, 0.29) is 29.7 Å². The molecule has 6 atom stereocenters. The van der Waals surface area contributed by atoms with Crippen LogP contribution in [-0.4, -0.2) is 45.1 Å². The lowest BCUT2D eigenvalue weighted by atomic mass is 9.51. The smallest absolute Gasteiger partial charge is 0.242 e. The summed E-state index contributed by atoms with van der Waals surface area (Å²) < 4.78 is 8.33. The number of carbonyl (C=O) groups is 4. The molecule has 0 bridgehead atoms. The normalized spacial score (nSPS) is 28.0. The molecule has 246 valence electrons. The van der Waals surface area contributed by atoms with E-state index in [0.29, 0.717) is 35.1 Å². The maximum atomic E-state index is 14.9. The van der Waals surface area contributed by atoms with Crippen LogP contribution in [0.4, 0.5) is 5.82 Å². The van der Waals surface area contributed by atoms with Crippen molar-refractivity contribution in [2.45, 2.75) is 39.5 Å². The van der Waals surface area contributed by atoms with Crippen molar-refractivity contribution in [3.8, 4) is 22.1 Å². The molecule has 10 nitrogen and oxygen atoms in total. The number of amides is 4. The third kappa shape index (κ3) is 4.13. The number of hydrogen-bond donors (Lipinski definition) is 2. The molecule has 2 saturated heterocycles. The summed E-state index contributed by atoms with van der Waals surface area (Å²) in [6.45, 7) is 5.92. The molecular weight excluding hydrogens is 652 g/mol. The van der Waals surface area contributed by atoms with Gasteiger partial charge in [0.1, 0.15) is 11.5 Å². The van der Waals surface area contributed by atoms with Crippen LogP contribution in [0.15, 0.2) is 54.1 Å². The number of anilines is 1. The zero-order valence-electron chi connectivity index (χ0n) is 26.7. The largest absolute Gasteiger partial charge is 0.504 e. The molecule has 2 N–H and O–H groups in total. The number of imide groups is 2. The molecule has 12 heteroatoms. The number of phenolic OH excluding ortho intramolecular Hbond substituents is 1. The van der Waals surface area contributed by atoms with Crippen LogP contribution in [0.1, 0.15) is 43.7 Å². The molecule has 1 saturated carbocycles. The first-order chi connectivity index (χ1) is 22.9. The molecule has 4 amide bonds. The standard InChI is InChI=1S/C36H33ClN4O6S/c1-5-47-25-8-6-7-20(30(25)42)29-18-10-11-19-28(33(44)38-32(19)43)22(18)14-23-34(45)41(35(46)36(23,29)3)27-15-24(39-40(27)4)31-16(2)21-13-17(37)9-12-26(21)48-31/h6-10,12-13,15,19,22-23,28-29,42H,5,11,14H2,1-4H3,(H,38,43,44). The lowest BCUT2D eigenvalue weighted by molar-refractivity contribution is -0.131. The van der Waals surface area contributed by atoms with E-state index < -0.39 is 46.8 Å². The van der Waals surface area contributed by atoms with Gasteiger partial charge in [0.25, 0.3) is 0 Å². The summed E-state index contributed by atoms with van der Waals surface area (Å²) in [6, 6.07) is 12.7. The highest BCUT2D eigenvalue weighted by Gasteiger charge is 2.67. The highest BCUT2D eigenvalue weighted by Crippen LogP contribution is 2.64. The summed E-state index contributed by atoms with van der Waals surface area (Å²) in [4.78, 5) is 57.6. The highest BCUT2D eigenvalue weighted by atomic mass is 35.5. The summed E-state index contributed by atoms with van der Waals surface area (Å²) in [5, 5.41) is 20.5. The minimum atomic E-state index is -1.32. The van der Waals surface area contributed by atoms with Crippen molar-refractivity contribution < 1.29 is 29.0 Å². The van der Waals surface area contributed by atoms with Crippen molar-refractivity contribution in [2.75, 3.05) is 11.5 Å². The Morgan fingerprint density at radius 2 is 1.92 bits per heavy atom. The van der Waals surface area contributed by atoms with E-state index >= 15 is 0 Å². The Kier molecular flexibility index (Phi) is 6.91. The fourth-order valence-electron chi connectivity index (χ4n) is 8.75. The summed E-state index contributed by atoms with van der Waals surface area (Å²) in [5.74, 6) is -4.25. The van der Waals surface area contributed by atoms with Crippen LogP contribution in [0.25, 0.3) is 20.7 Å². The van der Waals surface area contributed by atoms with Crippen LogP contribution in [0, 0.1) is 36.0 Å². The third-order valence-corrected chi connectivity index (χ3v) is 12.5. The number of aromatic hydroxyl groups is 1. The first-order valence-electron chi connectivity index (χ1n) is 16.1. The number of rotatable bonds is 5. The van der Waals surface area contributed by atoms with Gasteiger partial charge in [-0.3, -0.25) is 29.2 Å². The maximum Gasteiger partial charge on any atom is 0.242 e. The molecule has 2 aliphatic heterocycles. The monoisotopic (exact) mass is 684 g/mol. The number of benzene rings is 2. The average Bonchev–Trinajstić information content (AvgIpc) is 3.73. The fraction of sp³-hybridized carbons (Fsp3) is 0.361. The van der Waals surface area contributed by atoms with Crippen molar-refractivity contribution in [2.24, 2.45) is 36.1 Å². The van der Waals surface area contributed by atoms with Crippen LogP contribution in [0.3, 0.4) is 0 Å². The molecule has 4 aliphatic rings. The van der Waals surface area contributed by atoms with Crippen LogP contribution in [-0.2, 0) is 26.2 Å². The second-order valence-corrected chi connectivity index (χ2v) is 14.8. The van der Waals surface area contributed by atoms with Gasteiger partial charge < -0.3 is 9.84 Å². The summed E-state index contributed by atoms with van der Waals surface area (Å²) in [5.41, 5.74) is 1.55. The van der Waals surface area contributed by atoms with Gasteiger partial charge in [0.05, 0.1) is 34.7 Å². The number of phenols is 1. The number of aryl methyl sites for hydroxylation is 2. The number of ether oxygens (including phenoxy) is 1. The predicted molar refractivity (Wildman–Crippen MR) is 181 cm³/mol. The Balaban J connectivity index is 1.27. The van der Waals surface area contributed by atoms with Gasteiger partial charge in [-0.25, -0.2) is 4.90 Å². The van der Waals surface area contributed by atoms with Gasteiger partial charge in [-0.2, -0.15) is 5.10 Å². The number of allylic oxidation sites excluding steroid dienone is 2. The van der Waals surface area contributed by atoms with Crippen molar-refractivity contribution >= 4 is 62.5 Å². The number of thiophene rings is 1. The Morgan fingerprint density at radius 3 is 2.69 bits per heavy atom. The molecule has 2 aromatic carbocycles. The van der Waals surface area contributed by atoms with Gasteiger partial charge >= 0.3 is 0 Å². The first-order valence-corrected chi connectivity index (χ1v) is 17.3. The van der Waals surface area contributed by atoms with E-state index in [1.165, 1.54) is 4.90 Å². The minimum Gasteiger partial charge on any atom is -0.504 e. The van der Waals surface area contributed by atoms with Crippen LogP contribution < -0.4 is 15.0 Å². The highest BCUT2D eigenvalue weighted by molar-refractivity contribution is 7.22. The first kappa shape index (κ1) is 30.8. The van der Waals surface area contributed by atoms with E-state index in [4.69, 9.17) is 21.4 Å². The zero-order valence-corrected chi connectivity index (χ0v) is 28.3. The molecule has 6 unspecified atom stereocenters. The number of nitrogens with one attached hydrogen (secondary N) is 1.